The molecule has 2 aromatic rings. The van der Waals surface area contributed by atoms with Gasteiger partial charge < -0.3 is 20.1 Å². The number of hydrogen-bond acceptors (Lipinski definition) is 5. The Bertz CT molecular complexity index is 873. The van der Waals surface area contributed by atoms with Crippen molar-refractivity contribution < 1.29 is 19.1 Å². The lowest BCUT2D eigenvalue weighted by Crippen LogP contribution is -2.40. The monoisotopic (exact) mass is 409 g/mol. The molecule has 0 spiro atoms. The summed E-state index contributed by atoms with van der Waals surface area (Å²) < 4.78 is 11.9. The Hall–Kier alpha value is -2.74. The number of anilines is 1. The molecule has 0 bridgehead atoms. The van der Waals surface area contributed by atoms with E-state index in [0.29, 0.717) is 26.3 Å². The third kappa shape index (κ3) is 5.05. The summed E-state index contributed by atoms with van der Waals surface area (Å²) in [6.07, 6.45) is -0.179. The second-order valence-corrected chi connectivity index (χ2v) is 7.79. The Kier molecular flexibility index (Phi) is 6.42. The van der Waals surface area contributed by atoms with Crippen LogP contribution >= 0.6 is 0 Å². The van der Waals surface area contributed by atoms with Crippen molar-refractivity contribution in [2.45, 2.75) is 25.2 Å². The SMILES string of the molecule is CC(=O)NC1CO[C@H]2CN(CC(=O)Nc3ccccc3-c3ccccc3)C[C@@H]2OC1. The number of rotatable bonds is 5. The van der Waals surface area contributed by atoms with Crippen LogP contribution in [-0.4, -0.2) is 67.8 Å². The van der Waals surface area contributed by atoms with Gasteiger partial charge in [0.15, 0.2) is 0 Å². The minimum atomic E-state index is -0.126. The van der Waals surface area contributed by atoms with Crippen LogP contribution in [0.3, 0.4) is 0 Å². The molecule has 0 aliphatic carbocycles. The second kappa shape index (κ2) is 9.38. The number of hydrogen-bond donors (Lipinski definition) is 2. The van der Waals surface area contributed by atoms with Crippen LogP contribution in [0.4, 0.5) is 5.69 Å². The lowest BCUT2D eigenvalue weighted by Gasteiger charge is -2.19. The van der Waals surface area contributed by atoms with E-state index in [1.165, 1.54) is 6.92 Å². The van der Waals surface area contributed by atoms with Crippen molar-refractivity contribution in [1.82, 2.24) is 10.2 Å². The first-order chi connectivity index (χ1) is 14.6. The summed E-state index contributed by atoms with van der Waals surface area (Å²) in [5.41, 5.74) is 2.86. The fourth-order valence-electron chi connectivity index (χ4n) is 4.02. The Morgan fingerprint density at radius 3 is 2.27 bits per heavy atom. The van der Waals surface area contributed by atoms with Gasteiger partial charge in [-0.2, -0.15) is 0 Å². The van der Waals surface area contributed by atoms with Crippen molar-refractivity contribution in [2.24, 2.45) is 0 Å². The highest BCUT2D eigenvalue weighted by Gasteiger charge is 2.38. The summed E-state index contributed by atoms with van der Waals surface area (Å²) in [6, 6.07) is 17.7. The number of ether oxygens (including phenoxy) is 2. The van der Waals surface area contributed by atoms with E-state index in [1.807, 2.05) is 54.6 Å². The van der Waals surface area contributed by atoms with Gasteiger partial charge in [0.1, 0.15) is 0 Å². The van der Waals surface area contributed by atoms with Gasteiger partial charge in [0, 0.05) is 31.3 Å². The molecule has 2 aliphatic rings. The highest BCUT2D eigenvalue weighted by atomic mass is 16.6. The summed E-state index contributed by atoms with van der Waals surface area (Å²) in [5, 5.41) is 5.88. The summed E-state index contributed by atoms with van der Waals surface area (Å²) in [7, 11) is 0. The predicted octanol–water partition coefficient (Wildman–Crippen LogP) is 1.90. The molecular formula is C23H27N3O4. The Morgan fingerprint density at radius 1 is 0.967 bits per heavy atom. The molecule has 0 aromatic heterocycles. The van der Waals surface area contributed by atoms with Crippen LogP contribution in [0.15, 0.2) is 54.6 Å². The normalized spacial score (nSPS) is 22.2. The number of fused-ring (bicyclic) bond motifs is 1. The maximum Gasteiger partial charge on any atom is 0.238 e. The Morgan fingerprint density at radius 2 is 1.60 bits per heavy atom. The average Bonchev–Trinajstić information content (AvgIpc) is 3.02. The van der Waals surface area contributed by atoms with E-state index >= 15 is 0 Å². The number of para-hydroxylation sites is 1. The zero-order valence-corrected chi connectivity index (χ0v) is 17.0. The van der Waals surface area contributed by atoms with E-state index < -0.39 is 0 Å². The van der Waals surface area contributed by atoms with Gasteiger partial charge in [0.2, 0.25) is 11.8 Å². The lowest BCUT2D eigenvalue weighted by molar-refractivity contribution is -0.120. The standard InChI is InChI=1S/C23H27N3O4/c1-16(27)24-18-14-29-21-11-26(12-22(21)30-15-18)13-23(28)25-20-10-6-5-9-19(20)17-7-3-2-4-8-17/h2-10,18,21-22H,11-15H2,1H3,(H,24,27)(H,25,28)/t21-,22-/m0/s1. The maximum atomic E-state index is 12.7. The first kappa shape index (κ1) is 20.5. The molecule has 4 rings (SSSR count). The van der Waals surface area contributed by atoms with Crippen molar-refractivity contribution >= 4 is 17.5 Å². The van der Waals surface area contributed by atoms with Gasteiger partial charge >= 0.3 is 0 Å². The van der Waals surface area contributed by atoms with E-state index in [0.717, 1.165) is 16.8 Å². The number of likely N-dealkylation sites (tertiary alicyclic amines) is 1. The summed E-state index contributed by atoms with van der Waals surface area (Å²) in [5.74, 6) is -0.153. The second-order valence-electron chi connectivity index (χ2n) is 7.79. The Balaban J connectivity index is 1.33. The molecule has 158 valence electrons. The maximum absolute atomic E-state index is 12.7. The molecule has 2 fully saturated rings. The molecule has 7 heteroatoms. The molecule has 2 atom stereocenters. The van der Waals surface area contributed by atoms with Crippen molar-refractivity contribution in [3.05, 3.63) is 54.6 Å². The van der Waals surface area contributed by atoms with Gasteiger partial charge in [-0.25, -0.2) is 0 Å². The van der Waals surface area contributed by atoms with E-state index in [2.05, 4.69) is 15.5 Å². The van der Waals surface area contributed by atoms with E-state index in [1.54, 1.807) is 0 Å². The predicted molar refractivity (Wildman–Crippen MR) is 114 cm³/mol. The fourth-order valence-corrected chi connectivity index (χ4v) is 4.02. The highest BCUT2D eigenvalue weighted by Crippen LogP contribution is 2.27. The van der Waals surface area contributed by atoms with Crippen LogP contribution in [0.1, 0.15) is 6.92 Å². The lowest BCUT2D eigenvalue weighted by atomic mass is 10.0. The third-order valence-electron chi connectivity index (χ3n) is 5.37. The first-order valence-electron chi connectivity index (χ1n) is 10.3. The summed E-state index contributed by atoms with van der Waals surface area (Å²) >= 11 is 0. The van der Waals surface area contributed by atoms with Crippen LogP contribution in [0, 0.1) is 0 Å². The van der Waals surface area contributed by atoms with E-state index in [9.17, 15) is 9.59 Å². The first-order valence-corrected chi connectivity index (χ1v) is 10.3. The summed E-state index contributed by atoms with van der Waals surface area (Å²) in [4.78, 5) is 26.0. The molecule has 30 heavy (non-hydrogen) atoms. The van der Waals surface area contributed by atoms with Gasteiger partial charge in [-0.05, 0) is 11.6 Å². The number of benzene rings is 2. The minimum Gasteiger partial charge on any atom is -0.372 e. The zero-order valence-electron chi connectivity index (χ0n) is 17.0. The zero-order chi connectivity index (χ0) is 20.9. The number of nitrogens with zero attached hydrogens (tertiary/aromatic N) is 1. The minimum absolute atomic E-state index is 0.0639. The van der Waals surface area contributed by atoms with Crippen LogP contribution < -0.4 is 10.6 Å². The van der Waals surface area contributed by atoms with Crippen molar-refractivity contribution in [1.29, 1.82) is 0 Å². The molecule has 0 unspecified atom stereocenters. The quantitative estimate of drug-likeness (QED) is 0.789. The van der Waals surface area contributed by atoms with Crippen molar-refractivity contribution in [3.8, 4) is 11.1 Å². The van der Waals surface area contributed by atoms with Gasteiger partial charge in [-0.15, -0.1) is 0 Å². The molecule has 2 aliphatic heterocycles. The molecule has 2 amide bonds. The smallest absolute Gasteiger partial charge is 0.238 e. The number of nitrogens with one attached hydrogen (secondary N) is 2. The molecule has 2 saturated heterocycles. The molecule has 2 N–H and O–H groups in total. The molecular weight excluding hydrogens is 382 g/mol. The van der Waals surface area contributed by atoms with Gasteiger partial charge in [0.05, 0.1) is 38.0 Å². The highest BCUT2D eigenvalue weighted by molar-refractivity contribution is 5.96. The van der Waals surface area contributed by atoms with E-state index in [-0.39, 0.29) is 36.6 Å². The van der Waals surface area contributed by atoms with Crippen molar-refractivity contribution in [3.63, 3.8) is 0 Å². The van der Waals surface area contributed by atoms with Crippen molar-refractivity contribution in [2.75, 3.05) is 38.2 Å². The fraction of sp³-hybridized carbons (Fsp3) is 0.391. The molecule has 2 heterocycles. The topological polar surface area (TPSA) is 79.9 Å². The van der Waals surface area contributed by atoms with E-state index in [4.69, 9.17) is 9.47 Å². The number of carbonyl (C=O) groups excluding carboxylic acids is 2. The number of amides is 2. The summed E-state index contributed by atoms with van der Waals surface area (Å²) in [6.45, 7) is 3.87. The van der Waals surface area contributed by atoms with Gasteiger partial charge in [-0.1, -0.05) is 48.5 Å². The van der Waals surface area contributed by atoms with Crippen LogP contribution in [0.25, 0.3) is 11.1 Å². The third-order valence-corrected chi connectivity index (χ3v) is 5.37. The van der Waals surface area contributed by atoms with Crippen LogP contribution in [0.2, 0.25) is 0 Å². The average molecular weight is 409 g/mol. The van der Waals surface area contributed by atoms with Gasteiger partial charge in [-0.3, -0.25) is 14.5 Å². The number of carbonyl (C=O) groups is 2. The van der Waals surface area contributed by atoms with Crippen LogP contribution in [0.5, 0.6) is 0 Å². The molecule has 2 aromatic carbocycles. The molecule has 7 nitrogen and oxygen atoms in total. The molecule has 0 radical (unpaired) electrons. The Labute approximate surface area is 176 Å². The van der Waals surface area contributed by atoms with Crippen LogP contribution in [-0.2, 0) is 19.1 Å². The molecule has 0 saturated carbocycles. The van der Waals surface area contributed by atoms with Gasteiger partial charge in [0.25, 0.3) is 0 Å². The largest absolute Gasteiger partial charge is 0.372 e.